The molecule has 2 aliphatic heterocycles. The van der Waals surface area contributed by atoms with Gasteiger partial charge in [-0.1, -0.05) is 18.6 Å². The Morgan fingerprint density at radius 2 is 1.95 bits per heavy atom. The first-order valence-corrected chi connectivity index (χ1v) is 7.86. The minimum absolute atomic E-state index is 0.733. The summed E-state index contributed by atoms with van der Waals surface area (Å²) < 4.78 is 0. The molecule has 0 radical (unpaired) electrons. The van der Waals surface area contributed by atoms with Crippen molar-refractivity contribution in [1.29, 1.82) is 0 Å². The molecular weight excluding hydrogens is 232 g/mol. The van der Waals surface area contributed by atoms with Crippen LogP contribution in [0, 0.1) is 0 Å². The first-order valence-electron chi connectivity index (χ1n) is 7.86. The van der Waals surface area contributed by atoms with Gasteiger partial charge in [0.1, 0.15) is 0 Å². The van der Waals surface area contributed by atoms with E-state index in [9.17, 15) is 0 Å². The molecule has 19 heavy (non-hydrogen) atoms. The molecule has 2 heterocycles. The number of nitrogens with one attached hydrogen (secondary N) is 1. The number of fused-ring (bicyclic) bond motifs is 1. The largest absolute Gasteiger partial charge is 0.385 e. The fourth-order valence-corrected chi connectivity index (χ4v) is 3.71. The van der Waals surface area contributed by atoms with Crippen LogP contribution in [0.4, 0.5) is 5.69 Å². The van der Waals surface area contributed by atoms with E-state index in [1.165, 1.54) is 37.8 Å². The number of benzene rings is 1. The van der Waals surface area contributed by atoms with Crippen LogP contribution in [0.2, 0.25) is 0 Å². The first-order chi connectivity index (χ1) is 9.25. The van der Waals surface area contributed by atoms with Gasteiger partial charge in [0.15, 0.2) is 0 Å². The van der Waals surface area contributed by atoms with Crippen molar-refractivity contribution in [1.82, 2.24) is 4.90 Å². The highest BCUT2D eigenvalue weighted by Crippen LogP contribution is 2.29. The molecule has 2 heteroatoms. The van der Waals surface area contributed by atoms with E-state index in [0.29, 0.717) is 0 Å². The van der Waals surface area contributed by atoms with Gasteiger partial charge in [-0.25, -0.2) is 0 Å². The van der Waals surface area contributed by atoms with Gasteiger partial charge in [0.2, 0.25) is 0 Å². The van der Waals surface area contributed by atoms with Crippen molar-refractivity contribution >= 4 is 5.69 Å². The zero-order valence-corrected chi connectivity index (χ0v) is 12.3. The average molecular weight is 258 g/mol. The quantitative estimate of drug-likeness (QED) is 0.868. The standard InChI is InChI=1S/C17H26N2/c1-13-6-3-7-14(2)19(13)12-15-8-4-10-17-16(15)9-5-11-18-17/h4,8,10,13-14,18H,3,5-7,9,11-12H2,1-2H3/t13-,14+. The molecule has 0 saturated carbocycles. The molecular formula is C17H26N2. The van der Waals surface area contributed by atoms with Gasteiger partial charge >= 0.3 is 0 Å². The Kier molecular flexibility index (Phi) is 3.79. The van der Waals surface area contributed by atoms with Gasteiger partial charge < -0.3 is 5.32 Å². The Morgan fingerprint density at radius 3 is 2.74 bits per heavy atom. The second kappa shape index (κ2) is 5.54. The fourth-order valence-electron chi connectivity index (χ4n) is 3.71. The Morgan fingerprint density at radius 1 is 1.16 bits per heavy atom. The van der Waals surface area contributed by atoms with Crippen LogP contribution < -0.4 is 5.32 Å². The summed E-state index contributed by atoms with van der Waals surface area (Å²) in [5.74, 6) is 0. The summed E-state index contributed by atoms with van der Waals surface area (Å²) >= 11 is 0. The van der Waals surface area contributed by atoms with E-state index in [0.717, 1.165) is 25.2 Å². The van der Waals surface area contributed by atoms with Gasteiger partial charge in [-0.2, -0.15) is 0 Å². The third-order valence-corrected chi connectivity index (χ3v) is 4.92. The maximum absolute atomic E-state index is 3.54. The Balaban J connectivity index is 1.82. The molecule has 0 aliphatic carbocycles. The minimum Gasteiger partial charge on any atom is -0.385 e. The third kappa shape index (κ3) is 2.64. The van der Waals surface area contributed by atoms with Gasteiger partial charge in [-0.15, -0.1) is 0 Å². The van der Waals surface area contributed by atoms with Gasteiger partial charge in [0, 0.05) is 30.9 Å². The molecule has 3 rings (SSSR count). The van der Waals surface area contributed by atoms with Crippen molar-refractivity contribution in [3.05, 3.63) is 29.3 Å². The summed E-state index contributed by atoms with van der Waals surface area (Å²) in [4.78, 5) is 2.70. The second-order valence-electron chi connectivity index (χ2n) is 6.27. The fraction of sp³-hybridized carbons (Fsp3) is 0.647. The van der Waals surface area contributed by atoms with Crippen LogP contribution in [0.15, 0.2) is 18.2 Å². The molecule has 104 valence electrons. The molecule has 0 spiro atoms. The van der Waals surface area contributed by atoms with Gasteiger partial charge in [0.25, 0.3) is 0 Å². The lowest BCUT2D eigenvalue weighted by atomic mass is 9.93. The summed E-state index contributed by atoms with van der Waals surface area (Å²) in [5.41, 5.74) is 4.49. The molecule has 2 aliphatic rings. The Hall–Kier alpha value is -1.02. The first kappa shape index (κ1) is 13.0. The van der Waals surface area contributed by atoms with E-state index in [4.69, 9.17) is 0 Å². The van der Waals surface area contributed by atoms with Crippen LogP contribution in [-0.4, -0.2) is 23.5 Å². The van der Waals surface area contributed by atoms with Crippen molar-refractivity contribution in [2.24, 2.45) is 0 Å². The lowest BCUT2D eigenvalue weighted by Gasteiger charge is -2.39. The predicted molar refractivity (Wildman–Crippen MR) is 81.6 cm³/mol. The zero-order valence-electron chi connectivity index (χ0n) is 12.3. The third-order valence-electron chi connectivity index (χ3n) is 4.92. The highest BCUT2D eigenvalue weighted by atomic mass is 15.2. The smallest absolute Gasteiger partial charge is 0.0375 e. The molecule has 1 fully saturated rings. The Labute approximate surface area is 117 Å². The number of hydrogen-bond donors (Lipinski definition) is 1. The van der Waals surface area contributed by atoms with Gasteiger partial charge in [0.05, 0.1) is 0 Å². The van der Waals surface area contributed by atoms with Crippen molar-refractivity contribution in [3.63, 3.8) is 0 Å². The van der Waals surface area contributed by atoms with Crippen LogP contribution in [0.5, 0.6) is 0 Å². The lowest BCUT2D eigenvalue weighted by Crippen LogP contribution is -2.43. The molecule has 2 atom stereocenters. The van der Waals surface area contributed by atoms with E-state index in [1.807, 2.05) is 0 Å². The maximum atomic E-state index is 3.54. The van der Waals surface area contributed by atoms with Crippen molar-refractivity contribution < 1.29 is 0 Å². The second-order valence-corrected chi connectivity index (χ2v) is 6.27. The average Bonchev–Trinajstić information content (AvgIpc) is 2.43. The molecule has 0 amide bonds. The topological polar surface area (TPSA) is 15.3 Å². The van der Waals surface area contributed by atoms with Crippen LogP contribution in [-0.2, 0) is 13.0 Å². The molecule has 0 unspecified atom stereocenters. The molecule has 2 nitrogen and oxygen atoms in total. The molecule has 0 bridgehead atoms. The number of piperidine rings is 1. The van der Waals surface area contributed by atoms with Crippen molar-refractivity contribution in [3.8, 4) is 0 Å². The summed E-state index contributed by atoms with van der Waals surface area (Å²) in [6.45, 7) is 7.05. The molecule has 1 aromatic rings. The zero-order chi connectivity index (χ0) is 13.2. The van der Waals surface area contributed by atoms with E-state index in [-0.39, 0.29) is 0 Å². The number of anilines is 1. The lowest BCUT2D eigenvalue weighted by molar-refractivity contribution is 0.0950. The van der Waals surface area contributed by atoms with Gasteiger partial charge in [-0.3, -0.25) is 4.90 Å². The Bertz CT molecular complexity index is 431. The highest BCUT2D eigenvalue weighted by molar-refractivity contribution is 5.56. The van der Waals surface area contributed by atoms with E-state index >= 15 is 0 Å². The molecule has 1 aromatic carbocycles. The van der Waals surface area contributed by atoms with Crippen molar-refractivity contribution in [2.75, 3.05) is 11.9 Å². The normalized spacial score (nSPS) is 27.7. The highest BCUT2D eigenvalue weighted by Gasteiger charge is 2.25. The van der Waals surface area contributed by atoms with Crippen LogP contribution >= 0.6 is 0 Å². The summed E-state index contributed by atoms with van der Waals surface area (Å²) in [5, 5.41) is 3.54. The SMILES string of the molecule is C[C@@H]1CCC[C@H](C)N1Cc1cccc2c1CCCN2. The molecule has 1 N–H and O–H groups in total. The number of rotatable bonds is 2. The number of nitrogens with zero attached hydrogens (tertiary/aromatic N) is 1. The van der Waals surface area contributed by atoms with Gasteiger partial charge in [-0.05, 0) is 56.7 Å². The number of hydrogen-bond acceptors (Lipinski definition) is 2. The van der Waals surface area contributed by atoms with Crippen molar-refractivity contribution in [2.45, 2.75) is 64.6 Å². The molecule has 1 saturated heterocycles. The summed E-state index contributed by atoms with van der Waals surface area (Å²) in [7, 11) is 0. The maximum Gasteiger partial charge on any atom is 0.0375 e. The van der Waals surface area contributed by atoms with E-state index in [2.05, 4.69) is 42.3 Å². The van der Waals surface area contributed by atoms with Crippen LogP contribution in [0.1, 0.15) is 50.7 Å². The summed E-state index contributed by atoms with van der Waals surface area (Å²) in [6, 6.07) is 8.25. The number of likely N-dealkylation sites (tertiary alicyclic amines) is 1. The summed E-state index contributed by atoms with van der Waals surface area (Å²) in [6.07, 6.45) is 6.63. The predicted octanol–water partition coefficient (Wildman–Crippen LogP) is 3.81. The minimum atomic E-state index is 0.733. The van der Waals surface area contributed by atoms with Crippen LogP contribution in [0.3, 0.4) is 0 Å². The monoisotopic (exact) mass is 258 g/mol. The van der Waals surface area contributed by atoms with Crippen LogP contribution in [0.25, 0.3) is 0 Å². The molecule has 0 aromatic heterocycles. The van der Waals surface area contributed by atoms with E-state index in [1.54, 1.807) is 11.1 Å². The van der Waals surface area contributed by atoms with E-state index < -0.39 is 0 Å².